The van der Waals surface area contributed by atoms with Crippen LogP contribution in [-0.2, 0) is 7.05 Å². The first-order chi connectivity index (χ1) is 10.0. The predicted octanol–water partition coefficient (Wildman–Crippen LogP) is 3.22. The summed E-state index contributed by atoms with van der Waals surface area (Å²) in [7, 11) is 1.64. The predicted molar refractivity (Wildman–Crippen MR) is 70.5 cm³/mol. The number of hydrogen-bond acceptors (Lipinski definition) is 2. The number of fused-ring (bicyclic) bond motifs is 1. The van der Waals surface area contributed by atoms with Crippen LogP contribution in [0.25, 0.3) is 10.9 Å². The standard InChI is InChI=1S/C15H9F3N2O/c1-20-11-5-3-2-4-8(11)14(19-20)15(21)9-6-7-10(16)13(18)12(9)17/h2-7H,1H3. The van der Waals surface area contributed by atoms with Crippen LogP contribution in [0.5, 0.6) is 0 Å². The molecule has 6 heteroatoms. The van der Waals surface area contributed by atoms with Crippen LogP contribution in [0.1, 0.15) is 16.1 Å². The maximum atomic E-state index is 13.7. The number of aryl methyl sites for hydroxylation is 1. The summed E-state index contributed by atoms with van der Waals surface area (Å²) >= 11 is 0. The average Bonchev–Trinajstić information content (AvgIpc) is 2.82. The highest BCUT2D eigenvalue weighted by Gasteiger charge is 2.23. The van der Waals surface area contributed by atoms with Gasteiger partial charge in [0.1, 0.15) is 5.69 Å². The van der Waals surface area contributed by atoms with Crippen LogP contribution in [0.4, 0.5) is 13.2 Å². The van der Waals surface area contributed by atoms with Crippen molar-refractivity contribution in [2.75, 3.05) is 0 Å². The fourth-order valence-electron chi connectivity index (χ4n) is 2.21. The normalized spacial score (nSPS) is 11.0. The Bertz CT molecular complexity index is 871. The molecule has 3 nitrogen and oxygen atoms in total. The topological polar surface area (TPSA) is 34.9 Å². The van der Waals surface area contributed by atoms with Crippen molar-refractivity contribution in [2.45, 2.75) is 0 Å². The SMILES string of the molecule is Cn1nc(C(=O)c2ccc(F)c(F)c2F)c2ccccc21. The number of ketones is 1. The molecule has 0 N–H and O–H groups in total. The zero-order valence-corrected chi connectivity index (χ0v) is 10.9. The van der Waals surface area contributed by atoms with Crippen LogP contribution in [0, 0.1) is 17.5 Å². The van der Waals surface area contributed by atoms with Gasteiger partial charge in [-0.1, -0.05) is 18.2 Å². The summed E-state index contributed by atoms with van der Waals surface area (Å²) in [4.78, 5) is 12.4. The van der Waals surface area contributed by atoms with Gasteiger partial charge in [0.05, 0.1) is 11.1 Å². The molecule has 1 heterocycles. The summed E-state index contributed by atoms with van der Waals surface area (Å²) < 4.78 is 41.4. The van der Waals surface area contributed by atoms with Gasteiger partial charge in [0.2, 0.25) is 5.78 Å². The Labute approximate surface area is 117 Å². The number of carbonyl (C=O) groups is 1. The van der Waals surface area contributed by atoms with Crippen LogP contribution in [0.3, 0.4) is 0 Å². The minimum atomic E-state index is -1.67. The summed E-state index contributed by atoms with van der Waals surface area (Å²) in [6, 6.07) is 8.53. The summed E-state index contributed by atoms with van der Waals surface area (Å²) in [5, 5.41) is 4.57. The second kappa shape index (κ2) is 4.73. The minimum absolute atomic E-state index is 0.00184. The molecule has 0 aliphatic rings. The number of nitrogens with zero attached hydrogens (tertiary/aromatic N) is 2. The van der Waals surface area contributed by atoms with Crippen molar-refractivity contribution in [3.63, 3.8) is 0 Å². The monoisotopic (exact) mass is 290 g/mol. The van der Waals surface area contributed by atoms with E-state index in [1.165, 1.54) is 4.68 Å². The van der Waals surface area contributed by atoms with Crippen molar-refractivity contribution in [1.82, 2.24) is 9.78 Å². The Morgan fingerprint density at radius 3 is 2.52 bits per heavy atom. The molecule has 3 aromatic rings. The number of hydrogen-bond donors (Lipinski definition) is 0. The maximum absolute atomic E-state index is 13.7. The number of rotatable bonds is 2. The summed E-state index contributed by atoms with van der Waals surface area (Å²) in [5.74, 6) is -5.30. The molecule has 0 amide bonds. The maximum Gasteiger partial charge on any atom is 0.216 e. The van der Waals surface area contributed by atoms with E-state index in [1.807, 2.05) is 0 Å². The summed E-state index contributed by atoms with van der Waals surface area (Å²) in [6.07, 6.45) is 0. The zero-order valence-electron chi connectivity index (χ0n) is 10.9. The molecular weight excluding hydrogens is 281 g/mol. The van der Waals surface area contributed by atoms with Crippen molar-refractivity contribution in [3.05, 3.63) is 65.1 Å². The fraction of sp³-hybridized carbons (Fsp3) is 0.0667. The first-order valence-corrected chi connectivity index (χ1v) is 6.10. The van der Waals surface area contributed by atoms with Crippen molar-refractivity contribution >= 4 is 16.7 Å². The van der Waals surface area contributed by atoms with E-state index in [-0.39, 0.29) is 5.69 Å². The van der Waals surface area contributed by atoms with Crippen LogP contribution >= 0.6 is 0 Å². The first-order valence-electron chi connectivity index (χ1n) is 6.10. The number of aromatic nitrogens is 2. The second-order valence-corrected chi connectivity index (χ2v) is 4.54. The van der Waals surface area contributed by atoms with Gasteiger partial charge in [-0.2, -0.15) is 5.10 Å². The molecule has 0 atom stereocenters. The molecule has 0 aliphatic heterocycles. The van der Waals surface area contributed by atoms with Gasteiger partial charge < -0.3 is 0 Å². The molecule has 0 radical (unpaired) electrons. The van der Waals surface area contributed by atoms with E-state index < -0.39 is 28.8 Å². The molecule has 2 aromatic carbocycles. The number of halogens is 3. The zero-order chi connectivity index (χ0) is 15.1. The molecular formula is C15H9F3N2O. The molecule has 3 rings (SSSR count). The van der Waals surface area contributed by atoms with Gasteiger partial charge in [0.15, 0.2) is 17.5 Å². The van der Waals surface area contributed by atoms with Gasteiger partial charge in [0, 0.05) is 12.4 Å². The minimum Gasteiger partial charge on any atom is -0.287 e. The lowest BCUT2D eigenvalue weighted by Gasteiger charge is -2.02. The largest absolute Gasteiger partial charge is 0.287 e. The van der Waals surface area contributed by atoms with E-state index in [9.17, 15) is 18.0 Å². The van der Waals surface area contributed by atoms with Crippen molar-refractivity contribution in [1.29, 1.82) is 0 Å². The second-order valence-electron chi connectivity index (χ2n) is 4.54. The van der Waals surface area contributed by atoms with Crippen molar-refractivity contribution < 1.29 is 18.0 Å². The Hall–Kier alpha value is -2.63. The summed E-state index contributed by atoms with van der Waals surface area (Å²) in [6.45, 7) is 0. The molecule has 0 fully saturated rings. The highest BCUT2D eigenvalue weighted by atomic mass is 19.2. The van der Waals surface area contributed by atoms with Crippen molar-refractivity contribution in [3.8, 4) is 0 Å². The first kappa shape index (κ1) is 13.4. The molecule has 0 saturated heterocycles. The van der Waals surface area contributed by atoms with E-state index in [4.69, 9.17) is 0 Å². The molecule has 0 unspecified atom stereocenters. The lowest BCUT2D eigenvalue weighted by Crippen LogP contribution is -2.08. The van der Waals surface area contributed by atoms with E-state index >= 15 is 0 Å². The third-order valence-corrected chi connectivity index (χ3v) is 3.25. The third-order valence-electron chi connectivity index (χ3n) is 3.25. The van der Waals surface area contributed by atoms with E-state index in [0.29, 0.717) is 10.9 Å². The van der Waals surface area contributed by atoms with Crippen LogP contribution in [0.15, 0.2) is 36.4 Å². The molecule has 1 aromatic heterocycles. The Morgan fingerprint density at radius 2 is 1.76 bits per heavy atom. The molecule has 0 spiro atoms. The van der Waals surface area contributed by atoms with Gasteiger partial charge >= 0.3 is 0 Å². The quantitative estimate of drug-likeness (QED) is 0.536. The van der Waals surface area contributed by atoms with E-state index in [0.717, 1.165) is 12.1 Å². The highest BCUT2D eigenvalue weighted by Crippen LogP contribution is 2.23. The van der Waals surface area contributed by atoms with Gasteiger partial charge in [-0.25, -0.2) is 13.2 Å². The molecule has 0 bridgehead atoms. The van der Waals surface area contributed by atoms with E-state index in [1.54, 1.807) is 31.3 Å². The van der Waals surface area contributed by atoms with Gasteiger partial charge in [-0.05, 0) is 18.2 Å². The van der Waals surface area contributed by atoms with Gasteiger partial charge in [0.25, 0.3) is 0 Å². The smallest absolute Gasteiger partial charge is 0.216 e. The molecule has 0 aliphatic carbocycles. The Kier molecular flexibility index (Phi) is 3.01. The number of carbonyl (C=O) groups excluding carboxylic acids is 1. The fourth-order valence-corrected chi connectivity index (χ4v) is 2.21. The van der Waals surface area contributed by atoms with E-state index in [2.05, 4.69) is 5.10 Å². The number of benzene rings is 2. The van der Waals surface area contributed by atoms with Crippen LogP contribution in [0.2, 0.25) is 0 Å². The van der Waals surface area contributed by atoms with Crippen LogP contribution in [-0.4, -0.2) is 15.6 Å². The Balaban J connectivity index is 2.20. The lowest BCUT2D eigenvalue weighted by atomic mass is 10.0. The number of para-hydroxylation sites is 1. The molecule has 106 valence electrons. The van der Waals surface area contributed by atoms with Gasteiger partial charge in [-0.3, -0.25) is 9.48 Å². The third kappa shape index (κ3) is 1.99. The molecule has 0 saturated carbocycles. The van der Waals surface area contributed by atoms with Crippen molar-refractivity contribution in [2.24, 2.45) is 7.05 Å². The lowest BCUT2D eigenvalue weighted by molar-refractivity contribution is 0.103. The Morgan fingerprint density at radius 1 is 1.05 bits per heavy atom. The highest BCUT2D eigenvalue weighted by molar-refractivity contribution is 6.14. The van der Waals surface area contributed by atoms with Crippen LogP contribution < -0.4 is 0 Å². The molecule has 21 heavy (non-hydrogen) atoms. The summed E-state index contributed by atoms with van der Waals surface area (Å²) in [5.41, 5.74) is 0.139. The van der Waals surface area contributed by atoms with Gasteiger partial charge in [-0.15, -0.1) is 0 Å². The average molecular weight is 290 g/mol.